The zero-order valence-electron chi connectivity index (χ0n) is 16.6. The molecule has 0 heterocycles. The highest BCUT2D eigenvalue weighted by atomic mass is 16.2. The van der Waals surface area contributed by atoms with E-state index in [0.29, 0.717) is 28.3 Å². The number of anilines is 4. The molecule has 6 N–H and O–H groups in total. The molecule has 0 fully saturated rings. The van der Waals surface area contributed by atoms with E-state index in [1.807, 2.05) is 18.2 Å². The molecule has 3 rings (SSSR count). The standard InChI is InChI=1S/C13H13N3O.C10H11NO2/c14-10-3-1-9(2-4-10)13(17)16-12-7-5-11(15)6-8-12;1-8(12)7-10(13)11-9-5-3-2-4-6-9/h1-8H,14-15H2,(H,16,17);2-6H,7H2,1H3,(H,11,13). The molecular formula is C23H24N4O3. The summed E-state index contributed by atoms with van der Waals surface area (Å²) in [7, 11) is 0. The molecule has 154 valence electrons. The van der Waals surface area contributed by atoms with E-state index >= 15 is 0 Å². The average molecular weight is 404 g/mol. The summed E-state index contributed by atoms with van der Waals surface area (Å²) in [5.74, 6) is -0.568. The van der Waals surface area contributed by atoms with Gasteiger partial charge < -0.3 is 22.1 Å². The summed E-state index contributed by atoms with van der Waals surface area (Å²) < 4.78 is 0. The van der Waals surface area contributed by atoms with Gasteiger partial charge in [-0.15, -0.1) is 0 Å². The minimum absolute atomic E-state index is 0.0606. The zero-order valence-corrected chi connectivity index (χ0v) is 16.6. The number of Topliss-reactive ketones (excluding diaryl/α,β-unsaturated/α-hetero) is 1. The minimum atomic E-state index is -0.265. The summed E-state index contributed by atoms with van der Waals surface area (Å²) in [5, 5.41) is 5.38. The van der Waals surface area contributed by atoms with Gasteiger partial charge in [-0.25, -0.2) is 0 Å². The number of hydrogen-bond acceptors (Lipinski definition) is 5. The minimum Gasteiger partial charge on any atom is -0.399 e. The van der Waals surface area contributed by atoms with Gasteiger partial charge >= 0.3 is 0 Å². The number of amides is 2. The molecule has 7 nitrogen and oxygen atoms in total. The van der Waals surface area contributed by atoms with E-state index < -0.39 is 0 Å². The summed E-state index contributed by atoms with van der Waals surface area (Å²) >= 11 is 0. The Bertz CT molecular complexity index is 985. The van der Waals surface area contributed by atoms with Crippen molar-refractivity contribution in [1.82, 2.24) is 0 Å². The molecule has 0 aliphatic rings. The van der Waals surface area contributed by atoms with Crippen LogP contribution in [-0.2, 0) is 9.59 Å². The van der Waals surface area contributed by atoms with Crippen LogP contribution in [0, 0.1) is 0 Å². The first kappa shape index (κ1) is 22.2. The molecule has 30 heavy (non-hydrogen) atoms. The van der Waals surface area contributed by atoms with Crippen molar-refractivity contribution in [3.63, 3.8) is 0 Å². The number of ketones is 1. The maximum atomic E-state index is 11.8. The van der Waals surface area contributed by atoms with Gasteiger partial charge in [0.15, 0.2) is 0 Å². The van der Waals surface area contributed by atoms with Crippen molar-refractivity contribution in [2.45, 2.75) is 13.3 Å². The van der Waals surface area contributed by atoms with E-state index in [1.54, 1.807) is 60.7 Å². The van der Waals surface area contributed by atoms with Gasteiger partial charge in [0.25, 0.3) is 5.91 Å². The molecule has 0 aromatic heterocycles. The SMILES string of the molecule is CC(=O)CC(=O)Nc1ccccc1.Nc1ccc(NC(=O)c2ccc(N)cc2)cc1. The molecule has 0 unspecified atom stereocenters. The topological polar surface area (TPSA) is 127 Å². The van der Waals surface area contributed by atoms with E-state index in [2.05, 4.69) is 10.6 Å². The Labute approximate surface area is 175 Å². The van der Waals surface area contributed by atoms with Gasteiger partial charge in [0.05, 0.1) is 6.42 Å². The van der Waals surface area contributed by atoms with Crippen LogP contribution in [0.15, 0.2) is 78.9 Å². The number of para-hydroxylation sites is 1. The zero-order chi connectivity index (χ0) is 21.9. The molecule has 0 atom stereocenters. The first-order valence-electron chi connectivity index (χ1n) is 9.20. The van der Waals surface area contributed by atoms with E-state index in [9.17, 15) is 14.4 Å². The summed E-state index contributed by atoms with van der Waals surface area (Å²) in [5.41, 5.74) is 14.4. The normalized spacial score (nSPS) is 9.63. The van der Waals surface area contributed by atoms with E-state index in [1.165, 1.54) is 6.92 Å². The number of rotatable bonds is 5. The summed E-state index contributed by atoms with van der Waals surface area (Å²) in [4.78, 5) is 33.5. The van der Waals surface area contributed by atoms with Crippen LogP contribution in [-0.4, -0.2) is 17.6 Å². The molecule has 0 bridgehead atoms. The lowest BCUT2D eigenvalue weighted by molar-refractivity contribution is -0.124. The Kier molecular flexibility index (Phi) is 8.14. The fourth-order valence-electron chi connectivity index (χ4n) is 2.36. The summed E-state index contributed by atoms with van der Waals surface area (Å²) in [6.07, 6.45) is -0.0606. The third-order valence-electron chi connectivity index (χ3n) is 3.81. The molecular weight excluding hydrogens is 380 g/mol. The predicted molar refractivity (Wildman–Crippen MR) is 120 cm³/mol. The van der Waals surface area contributed by atoms with Crippen LogP contribution >= 0.6 is 0 Å². The second-order valence-electron chi connectivity index (χ2n) is 6.49. The van der Waals surface area contributed by atoms with Crippen LogP contribution in [0.5, 0.6) is 0 Å². The number of nitrogens with two attached hydrogens (primary N) is 2. The van der Waals surface area contributed by atoms with Gasteiger partial charge in [-0.3, -0.25) is 14.4 Å². The van der Waals surface area contributed by atoms with Crippen LogP contribution < -0.4 is 22.1 Å². The fraction of sp³-hybridized carbons (Fsp3) is 0.0870. The highest BCUT2D eigenvalue weighted by molar-refractivity contribution is 6.04. The number of nitrogen functional groups attached to an aromatic ring is 2. The number of carbonyl (C=O) groups excluding carboxylic acids is 3. The quantitative estimate of drug-likeness (QED) is 0.381. The van der Waals surface area contributed by atoms with Gasteiger partial charge in [0.2, 0.25) is 5.91 Å². The number of benzene rings is 3. The third-order valence-corrected chi connectivity index (χ3v) is 3.81. The van der Waals surface area contributed by atoms with Crippen molar-refractivity contribution < 1.29 is 14.4 Å². The van der Waals surface area contributed by atoms with Crippen molar-refractivity contribution in [3.05, 3.63) is 84.4 Å². The Hall–Kier alpha value is -4.13. The molecule has 3 aromatic rings. The third kappa shape index (κ3) is 7.85. The number of hydrogen-bond donors (Lipinski definition) is 4. The van der Waals surface area contributed by atoms with Crippen molar-refractivity contribution >= 4 is 40.3 Å². The molecule has 0 saturated carbocycles. The summed E-state index contributed by atoms with van der Waals surface area (Å²) in [6, 6.07) is 22.8. The van der Waals surface area contributed by atoms with E-state index in [-0.39, 0.29) is 24.0 Å². The maximum Gasteiger partial charge on any atom is 0.255 e. The maximum absolute atomic E-state index is 11.8. The van der Waals surface area contributed by atoms with E-state index in [0.717, 1.165) is 0 Å². The van der Waals surface area contributed by atoms with Gasteiger partial charge in [-0.05, 0) is 67.6 Å². The van der Waals surface area contributed by atoms with Gasteiger partial charge in [-0.2, -0.15) is 0 Å². The van der Waals surface area contributed by atoms with Crippen molar-refractivity contribution in [1.29, 1.82) is 0 Å². The van der Waals surface area contributed by atoms with Crippen LogP contribution in [0.3, 0.4) is 0 Å². The van der Waals surface area contributed by atoms with Crippen LogP contribution in [0.4, 0.5) is 22.7 Å². The number of carbonyl (C=O) groups is 3. The molecule has 0 aliphatic heterocycles. The predicted octanol–water partition coefficient (Wildman–Crippen LogP) is 3.71. The molecule has 3 aromatic carbocycles. The van der Waals surface area contributed by atoms with E-state index in [4.69, 9.17) is 11.5 Å². The largest absolute Gasteiger partial charge is 0.399 e. The summed E-state index contributed by atoms with van der Waals surface area (Å²) in [6.45, 7) is 1.39. The second kappa shape index (κ2) is 11.0. The van der Waals surface area contributed by atoms with Crippen LogP contribution in [0.1, 0.15) is 23.7 Å². The Morgan fingerprint density at radius 1 is 0.700 bits per heavy atom. The monoisotopic (exact) mass is 404 g/mol. The van der Waals surface area contributed by atoms with Crippen molar-refractivity contribution in [3.8, 4) is 0 Å². The van der Waals surface area contributed by atoms with Gasteiger partial charge in [0, 0.05) is 28.3 Å². The van der Waals surface area contributed by atoms with Crippen molar-refractivity contribution in [2.24, 2.45) is 0 Å². The lowest BCUT2D eigenvalue weighted by Crippen LogP contribution is -2.14. The molecule has 0 spiro atoms. The first-order chi connectivity index (χ1) is 14.3. The second-order valence-corrected chi connectivity index (χ2v) is 6.49. The first-order valence-corrected chi connectivity index (χ1v) is 9.20. The van der Waals surface area contributed by atoms with Crippen LogP contribution in [0.25, 0.3) is 0 Å². The molecule has 0 saturated heterocycles. The smallest absolute Gasteiger partial charge is 0.255 e. The highest BCUT2D eigenvalue weighted by Crippen LogP contribution is 2.13. The van der Waals surface area contributed by atoms with Crippen molar-refractivity contribution in [2.75, 3.05) is 22.1 Å². The Morgan fingerprint density at radius 3 is 1.73 bits per heavy atom. The lowest BCUT2D eigenvalue weighted by atomic mass is 10.2. The fourth-order valence-corrected chi connectivity index (χ4v) is 2.36. The van der Waals surface area contributed by atoms with Gasteiger partial charge in [0.1, 0.15) is 5.78 Å². The Morgan fingerprint density at radius 2 is 1.20 bits per heavy atom. The molecule has 7 heteroatoms. The molecule has 0 radical (unpaired) electrons. The number of nitrogens with one attached hydrogen (secondary N) is 2. The molecule has 0 aliphatic carbocycles. The Balaban J connectivity index is 0.000000222. The lowest BCUT2D eigenvalue weighted by Gasteiger charge is -2.05. The average Bonchev–Trinajstić information content (AvgIpc) is 2.71. The van der Waals surface area contributed by atoms with Crippen LogP contribution in [0.2, 0.25) is 0 Å². The highest BCUT2D eigenvalue weighted by Gasteiger charge is 2.05. The molecule has 2 amide bonds. The van der Waals surface area contributed by atoms with Gasteiger partial charge in [-0.1, -0.05) is 18.2 Å².